The van der Waals surface area contributed by atoms with Gasteiger partial charge in [0.05, 0.1) is 13.0 Å². The van der Waals surface area contributed by atoms with Crippen LogP contribution in [-0.2, 0) is 11.3 Å². The molecule has 3 aromatic carbocycles. The van der Waals surface area contributed by atoms with Gasteiger partial charge in [-0.3, -0.25) is 14.5 Å². The van der Waals surface area contributed by atoms with Crippen molar-refractivity contribution in [1.82, 2.24) is 14.7 Å². The number of benzene rings is 3. The Hall–Kier alpha value is -3.38. The number of ether oxygens (including phenoxy) is 1. The zero-order valence-corrected chi connectivity index (χ0v) is 21.1. The molecular formula is C30H35N3O3. The third kappa shape index (κ3) is 5.39. The van der Waals surface area contributed by atoms with E-state index < -0.39 is 0 Å². The second-order valence-electron chi connectivity index (χ2n) is 9.92. The van der Waals surface area contributed by atoms with Gasteiger partial charge >= 0.3 is 0 Å². The largest absolute Gasteiger partial charge is 0.497 e. The number of methoxy groups -OCH3 is 1. The molecule has 0 bridgehead atoms. The molecule has 6 nitrogen and oxygen atoms in total. The summed E-state index contributed by atoms with van der Waals surface area (Å²) in [5, 5.41) is 2.04. The van der Waals surface area contributed by atoms with Gasteiger partial charge in [0.15, 0.2) is 0 Å². The number of piperidine rings is 1. The number of fused-ring (bicyclic) bond motifs is 1. The first-order valence-electron chi connectivity index (χ1n) is 13.0. The van der Waals surface area contributed by atoms with Gasteiger partial charge < -0.3 is 14.5 Å². The van der Waals surface area contributed by atoms with E-state index in [0.717, 1.165) is 74.1 Å². The van der Waals surface area contributed by atoms with E-state index in [-0.39, 0.29) is 17.7 Å². The van der Waals surface area contributed by atoms with Crippen molar-refractivity contribution >= 4 is 22.6 Å². The van der Waals surface area contributed by atoms with Gasteiger partial charge in [0.25, 0.3) is 5.91 Å². The summed E-state index contributed by atoms with van der Waals surface area (Å²) < 4.78 is 5.26. The Balaban J connectivity index is 1.20. The van der Waals surface area contributed by atoms with Gasteiger partial charge in [0, 0.05) is 51.4 Å². The third-order valence-corrected chi connectivity index (χ3v) is 7.54. The molecule has 3 aromatic rings. The van der Waals surface area contributed by atoms with E-state index in [1.165, 1.54) is 5.56 Å². The molecule has 2 fully saturated rings. The highest BCUT2D eigenvalue weighted by molar-refractivity contribution is 6.07. The molecule has 0 aromatic heterocycles. The van der Waals surface area contributed by atoms with Crippen LogP contribution in [0.5, 0.6) is 5.75 Å². The van der Waals surface area contributed by atoms with Crippen molar-refractivity contribution in [2.75, 3.05) is 46.4 Å². The maximum atomic E-state index is 13.5. The van der Waals surface area contributed by atoms with Gasteiger partial charge in [-0.05, 0) is 53.8 Å². The minimum Gasteiger partial charge on any atom is -0.497 e. The van der Waals surface area contributed by atoms with Crippen molar-refractivity contribution in [3.05, 3.63) is 77.9 Å². The standard InChI is InChI=1S/C30H35N3O3/c1-36-26-14-12-23(13-15-26)21-31-16-6-18-32(20-19-31)29(34)25-9-5-17-33(22-25)30(35)28-11-4-8-24-7-2-3-10-27(24)28/h2-4,7-8,10-15,25H,5-6,9,16-22H2,1H3. The second kappa shape index (κ2) is 11.1. The molecule has 2 saturated heterocycles. The highest BCUT2D eigenvalue weighted by Gasteiger charge is 2.32. The second-order valence-corrected chi connectivity index (χ2v) is 9.92. The molecule has 5 rings (SSSR count). The van der Waals surface area contributed by atoms with E-state index >= 15 is 0 Å². The molecule has 2 aliphatic heterocycles. The Morgan fingerprint density at radius 3 is 2.44 bits per heavy atom. The fourth-order valence-electron chi connectivity index (χ4n) is 5.54. The Morgan fingerprint density at radius 2 is 1.61 bits per heavy atom. The molecule has 0 radical (unpaired) electrons. The van der Waals surface area contributed by atoms with Gasteiger partial charge in [-0.25, -0.2) is 0 Å². The van der Waals surface area contributed by atoms with Crippen LogP contribution in [0.15, 0.2) is 66.7 Å². The van der Waals surface area contributed by atoms with Crippen LogP contribution < -0.4 is 4.74 Å². The number of hydrogen-bond donors (Lipinski definition) is 0. The Kier molecular flexibility index (Phi) is 7.52. The molecule has 0 aliphatic carbocycles. The Morgan fingerprint density at radius 1 is 0.833 bits per heavy atom. The van der Waals surface area contributed by atoms with Gasteiger partial charge in [-0.2, -0.15) is 0 Å². The number of carbonyl (C=O) groups is 2. The first-order chi connectivity index (χ1) is 17.6. The molecule has 0 spiro atoms. The van der Waals surface area contributed by atoms with Gasteiger partial charge in [-0.1, -0.05) is 48.5 Å². The predicted molar refractivity (Wildman–Crippen MR) is 142 cm³/mol. The Bertz CT molecular complexity index is 1200. The number of amides is 2. The summed E-state index contributed by atoms with van der Waals surface area (Å²) in [6.45, 7) is 5.46. The number of hydrogen-bond acceptors (Lipinski definition) is 4. The van der Waals surface area contributed by atoms with Crippen molar-refractivity contribution in [3.8, 4) is 5.75 Å². The quantitative estimate of drug-likeness (QED) is 0.536. The molecule has 1 unspecified atom stereocenters. The topological polar surface area (TPSA) is 53.1 Å². The average Bonchev–Trinajstić information content (AvgIpc) is 3.18. The molecule has 188 valence electrons. The van der Waals surface area contributed by atoms with Crippen LogP contribution in [-0.4, -0.2) is 72.9 Å². The van der Waals surface area contributed by atoms with Gasteiger partial charge in [0.2, 0.25) is 5.91 Å². The van der Waals surface area contributed by atoms with E-state index in [1.54, 1.807) is 7.11 Å². The number of likely N-dealkylation sites (tertiary alicyclic amines) is 1. The highest BCUT2D eigenvalue weighted by atomic mass is 16.5. The minimum atomic E-state index is -0.120. The van der Waals surface area contributed by atoms with Crippen molar-refractivity contribution in [3.63, 3.8) is 0 Å². The molecule has 2 heterocycles. The molecule has 2 amide bonds. The normalized spacial score (nSPS) is 19.2. The maximum Gasteiger partial charge on any atom is 0.254 e. The minimum absolute atomic E-state index is 0.0332. The van der Waals surface area contributed by atoms with Crippen molar-refractivity contribution in [2.45, 2.75) is 25.8 Å². The molecular weight excluding hydrogens is 450 g/mol. The first kappa shape index (κ1) is 24.3. The SMILES string of the molecule is COc1ccc(CN2CCCN(C(=O)C3CCCN(C(=O)c4cccc5ccccc45)C3)CC2)cc1. The van der Waals surface area contributed by atoms with E-state index in [9.17, 15) is 9.59 Å². The summed E-state index contributed by atoms with van der Waals surface area (Å²) in [5.74, 6) is 0.986. The molecule has 0 saturated carbocycles. The number of nitrogens with zero attached hydrogens (tertiary/aromatic N) is 3. The molecule has 0 N–H and O–H groups in total. The van der Waals surface area contributed by atoms with E-state index in [4.69, 9.17) is 4.74 Å². The zero-order chi connectivity index (χ0) is 24.9. The van der Waals surface area contributed by atoms with Crippen LogP contribution in [0.1, 0.15) is 35.2 Å². The summed E-state index contributed by atoms with van der Waals surface area (Å²) in [5.41, 5.74) is 1.98. The van der Waals surface area contributed by atoms with Crippen LogP contribution >= 0.6 is 0 Å². The van der Waals surface area contributed by atoms with Gasteiger partial charge in [-0.15, -0.1) is 0 Å². The van der Waals surface area contributed by atoms with E-state index in [2.05, 4.69) is 17.0 Å². The van der Waals surface area contributed by atoms with Crippen molar-refractivity contribution in [1.29, 1.82) is 0 Å². The van der Waals surface area contributed by atoms with Crippen molar-refractivity contribution in [2.24, 2.45) is 5.92 Å². The Labute approximate surface area is 213 Å². The average molecular weight is 486 g/mol. The fourth-order valence-corrected chi connectivity index (χ4v) is 5.54. The lowest BCUT2D eigenvalue weighted by atomic mass is 9.95. The molecule has 6 heteroatoms. The van der Waals surface area contributed by atoms with Crippen LogP contribution in [0.2, 0.25) is 0 Å². The molecule has 1 atom stereocenters. The van der Waals surface area contributed by atoms with Crippen molar-refractivity contribution < 1.29 is 14.3 Å². The van der Waals surface area contributed by atoms with Gasteiger partial charge in [0.1, 0.15) is 5.75 Å². The lowest BCUT2D eigenvalue weighted by Gasteiger charge is -2.35. The monoisotopic (exact) mass is 485 g/mol. The summed E-state index contributed by atoms with van der Waals surface area (Å²) in [7, 11) is 1.68. The fraction of sp³-hybridized carbons (Fsp3) is 0.400. The summed E-state index contributed by atoms with van der Waals surface area (Å²) in [6, 6.07) is 22.1. The smallest absolute Gasteiger partial charge is 0.254 e. The lowest BCUT2D eigenvalue weighted by Crippen LogP contribution is -2.47. The van der Waals surface area contributed by atoms with Crippen LogP contribution in [0, 0.1) is 5.92 Å². The zero-order valence-electron chi connectivity index (χ0n) is 21.1. The van der Waals surface area contributed by atoms with Crippen LogP contribution in [0.4, 0.5) is 0 Å². The van der Waals surface area contributed by atoms with E-state index in [0.29, 0.717) is 13.1 Å². The maximum absolute atomic E-state index is 13.5. The number of carbonyl (C=O) groups excluding carboxylic acids is 2. The lowest BCUT2D eigenvalue weighted by molar-refractivity contribution is -0.136. The predicted octanol–water partition coefficient (Wildman–Crippen LogP) is 4.44. The molecule has 36 heavy (non-hydrogen) atoms. The van der Waals surface area contributed by atoms with Crippen LogP contribution in [0.3, 0.4) is 0 Å². The highest BCUT2D eigenvalue weighted by Crippen LogP contribution is 2.25. The van der Waals surface area contributed by atoms with Crippen LogP contribution in [0.25, 0.3) is 10.8 Å². The summed E-state index contributed by atoms with van der Waals surface area (Å²) in [4.78, 5) is 33.3. The first-order valence-corrected chi connectivity index (χ1v) is 13.0. The number of rotatable bonds is 5. The molecule has 2 aliphatic rings. The summed E-state index contributed by atoms with van der Waals surface area (Å²) in [6.07, 6.45) is 2.68. The van der Waals surface area contributed by atoms with E-state index in [1.807, 2.05) is 64.4 Å². The third-order valence-electron chi connectivity index (χ3n) is 7.54. The summed E-state index contributed by atoms with van der Waals surface area (Å²) >= 11 is 0.